The Morgan fingerprint density at radius 1 is 1.26 bits per heavy atom. The van der Waals surface area contributed by atoms with Crippen molar-refractivity contribution in [2.24, 2.45) is 10.9 Å². The second-order valence-electron chi connectivity index (χ2n) is 7.42. The molecule has 0 saturated heterocycles. The monoisotopic (exact) mass is 389 g/mol. The average molecular weight is 390 g/mol. The number of hydrogen-bond acceptors (Lipinski definition) is 4. The summed E-state index contributed by atoms with van der Waals surface area (Å²) in [6, 6.07) is 6.04. The molecule has 27 heavy (non-hydrogen) atoms. The smallest absolute Gasteiger partial charge is 0.263 e. The fourth-order valence-corrected chi connectivity index (χ4v) is 4.70. The van der Waals surface area contributed by atoms with Gasteiger partial charge in [0.15, 0.2) is 0 Å². The zero-order valence-corrected chi connectivity index (χ0v) is 16.7. The molecule has 1 aliphatic heterocycles. The van der Waals surface area contributed by atoms with E-state index in [-0.39, 0.29) is 22.6 Å². The molecule has 0 saturated carbocycles. The minimum atomic E-state index is -3.60. The number of amidine groups is 1. The van der Waals surface area contributed by atoms with Crippen LogP contribution in [-0.4, -0.2) is 32.7 Å². The lowest BCUT2D eigenvalue weighted by Crippen LogP contribution is -2.39. The third-order valence-electron chi connectivity index (χ3n) is 4.96. The third kappa shape index (κ3) is 4.58. The summed E-state index contributed by atoms with van der Waals surface area (Å²) < 4.78 is 26.9. The lowest BCUT2D eigenvalue weighted by Gasteiger charge is -2.18. The predicted octanol–water partition coefficient (Wildman–Crippen LogP) is 2.76. The minimum absolute atomic E-state index is 0.0522. The Morgan fingerprint density at radius 3 is 2.74 bits per heavy atom. The van der Waals surface area contributed by atoms with Gasteiger partial charge >= 0.3 is 0 Å². The van der Waals surface area contributed by atoms with E-state index >= 15 is 0 Å². The molecule has 0 spiro atoms. The number of amides is 1. The molecular formula is C20H27N3O3S. The second-order valence-corrected chi connectivity index (χ2v) is 9.07. The van der Waals surface area contributed by atoms with E-state index in [0.29, 0.717) is 12.1 Å². The number of benzene rings is 1. The van der Waals surface area contributed by atoms with E-state index in [1.165, 1.54) is 18.4 Å². The van der Waals surface area contributed by atoms with Crippen LogP contribution in [0.3, 0.4) is 0 Å². The SMILES string of the molecule is CC(C)[C@H](N=C1NS(=O)(=O)c2ccccc21)C(=O)NCCC1=CCCCC1. The van der Waals surface area contributed by atoms with Gasteiger partial charge < -0.3 is 5.32 Å². The lowest BCUT2D eigenvalue weighted by atomic mass is 9.97. The summed E-state index contributed by atoms with van der Waals surface area (Å²) in [5, 5.41) is 2.97. The summed E-state index contributed by atoms with van der Waals surface area (Å²) in [4.78, 5) is 17.4. The molecule has 0 radical (unpaired) electrons. The topological polar surface area (TPSA) is 87.6 Å². The van der Waals surface area contributed by atoms with Gasteiger partial charge in [-0.1, -0.05) is 37.6 Å². The number of sulfonamides is 1. The molecule has 6 nitrogen and oxygen atoms in total. The molecule has 7 heteroatoms. The first-order chi connectivity index (χ1) is 12.9. The van der Waals surface area contributed by atoms with Crippen LogP contribution in [0.4, 0.5) is 0 Å². The van der Waals surface area contributed by atoms with E-state index in [1.54, 1.807) is 24.3 Å². The van der Waals surface area contributed by atoms with Gasteiger partial charge in [0.1, 0.15) is 11.9 Å². The predicted molar refractivity (Wildman–Crippen MR) is 106 cm³/mol. The summed E-state index contributed by atoms with van der Waals surface area (Å²) in [6.07, 6.45) is 7.86. The maximum atomic E-state index is 12.7. The maximum absolute atomic E-state index is 12.7. The standard InChI is InChI=1S/C20H27N3O3S/c1-14(2)18(20(24)21-13-12-15-8-4-3-5-9-15)22-19-16-10-6-7-11-17(16)27(25,26)23-19/h6-8,10-11,14,18H,3-5,9,12-13H2,1-2H3,(H,21,24)(H,22,23)/t18-/m0/s1. The molecule has 1 aromatic rings. The summed E-state index contributed by atoms with van der Waals surface area (Å²) >= 11 is 0. The molecule has 1 aromatic carbocycles. The molecule has 2 aliphatic rings. The number of allylic oxidation sites excluding steroid dienone is 1. The summed E-state index contributed by atoms with van der Waals surface area (Å²) in [6.45, 7) is 4.40. The highest BCUT2D eigenvalue weighted by molar-refractivity contribution is 7.90. The number of rotatable bonds is 6. The Bertz CT molecular complexity index is 872. The van der Waals surface area contributed by atoms with E-state index < -0.39 is 16.1 Å². The van der Waals surface area contributed by atoms with E-state index in [2.05, 4.69) is 21.1 Å². The summed E-state index contributed by atoms with van der Waals surface area (Å²) in [5.41, 5.74) is 1.93. The van der Waals surface area contributed by atoms with Gasteiger partial charge in [-0.15, -0.1) is 0 Å². The molecule has 0 aromatic heterocycles. The first-order valence-corrected chi connectivity index (χ1v) is 11.0. The van der Waals surface area contributed by atoms with Gasteiger partial charge in [-0.3, -0.25) is 14.5 Å². The molecule has 0 bridgehead atoms. The van der Waals surface area contributed by atoms with E-state index in [4.69, 9.17) is 0 Å². The molecular weight excluding hydrogens is 362 g/mol. The fraction of sp³-hybridized carbons (Fsp3) is 0.500. The molecule has 1 amide bonds. The summed E-state index contributed by atoms with van der Waals surface area (Å²) in [5.74, 6) is 0.0237. The first-order valence-electron chi connectivity index (χ1n) is 9.54. The van der Waals surface area contributed by atoms with Gasteiger partial charge in [0, 0.05) is 12.1 Å². The van der Waals surface area contributed by atoms with Crippen LogP contribution >= 0.6 is 0 Å². The van der Waals surface area contributed by atoms with Gasteiger partial charge in [-0.25, -0.2) is 8.42 Å². The van der Waals surface area contributed by atoms with Crippen molar-refractivity contribution in [2.75, 3.05) is 6.54 Å². The van der Waals surface area contributed by atoms with E-state index in [0.717, 1.165) is 19.3 Å². The highest BCUT2D eigenvalue weighted by Gasteiger charge is 2.32. The molecule has 146 valence electrons. The Labute approximate surface area is 161 Å². The first kappa shape index (κ1) is 19.6. The Hall–Kier alpha value is -2.15. The minimum Gasteiger partial charge on any atom is -0.354 e. The lowest BCUT2D eigenvalue weighted by molar-refractivity contribution is -0.123. The van der Waals surface area contributed by atoms with Crippen molar-refractivity contribution in [1.82, 2.24) is 10.0 Å². The van der Waals surface area contributed by atoms with Crippen LogP contribution in [0.25, 0.3) is 0 Å². The van der Waals surface area contributed by atoms with Crippen molar-refractivity contribution in [3.8, 4) is 0 Å². The van der Waals surface area contributed by atoms with Gasteiger partial charge in [0.2, 0.25) is 5.91 Å². The largest absolute Gasteiger partial charge is 0.354 e. The van der Waals surface area contributed by atoms with Gasteiger partial charge in [-0.05, 0) is 50.2 Å². The number of carbonyl (C=O) groups is 1. The number of fused-ring (bicyclic) bond motifs is 1. The van der Waals surface area contributed by atoms with Crippen molar-refractivity contribution >= 4 is 21.8 Å². The number of carbonyl (C=O) groups excluding carboxylic acids is 1. The number of hydrogen-bond donors (Lipinski definition) is 2. The van der Waals surface area contributed by atoms with Crippen molar-refractivity contribution in [2.45, 2.75) is 56.9 Å². The van der Waals surface area contributed by atoms with Crippen LogP contribution in [0.5, 0.6) is 0 Å². The van der Waals surface area contributed by atoms with E-state index in [9.17, 15) is 13.2 Å². The van der Waals surface area contributed by atoms with Crippen LogP contribution in [0.1, 0.15) is 51.5 Å². The summed E-state index contributed by atoms with van der Waals surface area (Å²) in [7, 11) is -3.60. The van der Waals surface area contributed by atoms with Crippen LogP contribution in [0, 0.1) is 5.92 Å². The van der Waals surface area contributed by atoms with Crippen LogP contribution < -0.4 is 10.0 Å². The van der Waals surface area contributed by atoms with Crippen LogP contribution in [0.15, 0.2) is 45.8 Å². The van der Waals surface area contributed by atoms with E-state index in [1.807, 2.05) is 13.8 Å². The highest BCUT2D eigenvalue weighted by Crippen LogP contribution is 2.23. The number of nitrogens with one attached hydrogen (secondary N) is 2. The fourth-order valence-electron chi connectivity index (χ4n) is 3.46. The average Bonchev–Trinajstić information content (AvgIpc) is 2.91. The molecule has 0 unspecified atom stereocenters. The number of aliphatic imine (C=N–C) groups is 1. The van der Waals surface area contributed by atoms with Crippen molar-refractivity contribution in [3.05, 3.63) is 41.5 Å². The zero-order valence-electron chi connectivity index (χ0n) is 15.9. The second kappa shape index (κ2) is 8.25. The van der Waals surface area contributed by atoms with Gasteiger partial charge in [-0.2, -0.15) is 0 Å². The normalized spacial score (nSPS) is 20.7. The van der Waals surface area contributed by atoms with Crippen molar-refractivity contribution < 1.29 is 13.2 Å². The van der Waals surface area contributed by atoms with Gasteiger partial charge in [0.25, 0.3) is 10.0 Å². The third-order valence-corrected chi connectivity index (χ3v) is 6.36. The molecule has 3 rings (SSSR count). The highest BCUT2D eigenvalue weighted by atomic mass is 32.2. The molecule has 2 N–H and O–H groups in total. The molecule has 1 heterocycles. The Balaban J connectivity index is 1.71. The molecule has 1 atom stereocenters. The van der Waals surface area contributed by atoms with Crippen LogP contribution in [0.2, 0.25) is 0 Å². The van der Waals surface area contributed by atoms with Crippen molar-refractivity contribution in [1.29, 1.82) is 0 Å². The van der Waals surface area contributed by atoms with Gasteiger partial charge in [0.05, 0.1) is 4.90 Å². The maximum Gasteiger partial charge on any atom is 0.263 e. The Morgan fingerprint density at radius 2 is 2.04 bits per heavy atom. The Kier molecular flexibility index (Phi) is 5.99. The molecule has 1 aliphatic carbocycles. The number of nitrogens with zero attached hydrogens (tertiary/aromatic N) is 1. The van der Waals surface area contributed by atoms with Crippen molar-refractivity contribution in [3.63, 3.8) is 0 Å². The quantitative estimate of drug-likeness (QED) is 0.734. The van der Waals surface area contributed by atoms with Crippen LogP contribution in [-0.2, 0) is 14.8 Å². The molecule has 0 fully saturated rings. The zero-order chi connectivity index (χ0) is 19.4.